The van der Waals surface area contributed by atoms with Gasteiger partial charge in [-0.25, -0.2) is 4.98 Å². The molecule has 0 bridgehead atoms. The second kappa shape index (κ2) is 9.62. The number of carbonyl (C=O) groups excluding carboxylic acids is 1. The predicted molar refractivity (Wildman–Crippen MR) is 120 cm³/mol. The van der Waals surface area contributed by atoms with E-state index in [-0.39, 0.29) is 0 Å². The monoisotopic (exact) mass is 417 g/mol. The van der Waals surface area contributed by atoms with Crippen molar-refractivity contribution in [3.8, 4) is 17.4 Å². The Morgan fingerprint density at radius 3 is 2.84 bits per heavy atom. The molecule has 1 heterocycles. The van der Waals surface area contributed by atoms with Crippen LogP contribution in [0.3, 0.4) is 0 Å². The molecule has 0 fully saturated rings. The third-order valence-corrected chi connectivity index (χ3v) is 5.61. The maximum Gasteiger partial charge on any atom is 0.250 e. The smallest absolute Gasteiger partial charge is 0.250 e. The molecule has 0 saturated heterocycles. The second-order valence-electron chi connectivity index (χ2n) is 7.71. The van der Waals surface area contributed by atoms with Crippen molar-refractivity contribution in [1.29, 1.82) is 0 Å². The van der Waals surface area contributed by atoms with Gasteiger partial charge in [0.25, 0.3) is 0 Å². The van der Waals surface area contributed by atoms with Crippen molar-refractivity contribution in [2.24, 2.45) is 5.73 Å². The van der Waals surface area contributed by atoms with E-state index in [9.17, 15) is 4.79 Å². The first-order valence-corrected chi connectivity index (χ1v) is 10.6. The number of pyridine rings is 1. The van der Waals surface area contributed by atoms with Crippen LogP contribution in [0.4, 0.5) is 0 Å². The number of nitrogens with two attached hydrogens (primary N) is 1. The Hall–Kier alpha value is -3.38. The van der Waals surface area contributed by atoms with Crippen LogP contribution in [0.2, 0.25) is 0 Å². The van der Waals surface area contributed by atoms with Crippen LogP contribution >= 0.6 is 0 Å². The lowest BCUT2D eigenvalue weighted by Gasteiger charge is -2.27. The Morgan fingerprint density at radius 1 is 1.16 bits per heavy atom. The molecule has 0 spiro atoms. The summed E-state index contributed by atoms with van der Waals surface area (Å²) in [4.78, 5) is 15.3. The van der Waals surface area contributed by atoms with E-state index in [1.807, 2.05) is 18.2 Å². The number of hydrogen-bond acceptors (Lipinski definition) is 5. The van der Waals surface area contributed by atoms with Gasteiger partial charge in [0.15, 0.2) is 0 Å². The number of methoxy groups -OCH3 is 1. The Labute approximate surface area is 182 Å². The Kier molecular flexibility index (Phi) is 6.48. The Bertz CT molecular complexity index is 1050. The molecule has 160 valence electrons. The van der Waals surface area contributed by atoms with Crippen LogP contribution in [-0.2, 0) is 12.8 Å². The molecule has 1 aromatic heterocycles. The molecule has 1 unspecified atom stereocenters. The third kappa shape index (κ3) is 5.22. The average molecular weight is 418 g/mol. The summed E-state index contributed by atoms with van der Waals surface area (Å²) in [5, 5.41) is 3.71. The van der Waals surface area contributed by atoms with E-state index in [2.05, 4.69) is 34.6 Å². The molecule has 0 aliphatic heterocycles. The summed E-state index contributed by atoms with van der Waals surface area (Å²) in [6.07, 6.45) is 5.68. The molecular weight excluding hydrogens is 390 g/mol. The van der Waals surface area contributed by atoms with Gasteiger partial charge >= 0.3 is 0 Å². The van der Waals surface area contributed by atoms with Crippen LogP contribution in [0.15, 0.2) is 60.8 Å². The summed E-state index contributed by atoms with van der Waals surface area (Å²) in [5.74, 6) is 1.58. The number of rotatable bonds is 8. The van der Waals surface area contributed by atoms with E-state index >= 15 is 0 Å². The molecule has 1 atom stereocenters. The van der Waals surface area contributed by atoms with Crippen LogP contribution in [0.5, 0.6) is 17.4 Å². The fourth-order valence-electron chi connectivity index (χ4n) is 3.99. The van der Waals surface area contributed by atoms with E-state index in [0.717, 1.165) is 43.7 Å². The topological polar surface area (TPSA) is 86.5 Å². The summed E-state index contributed by atoms with van der Waals surface area (Å²) >= 11 is 0. The lowest BCUT2D eigenvalue weighted by molar-refractivity contribution is 0.1000. The molecular formula is C25H27N3O3. The van der Waals surface area contributed by atoms with E-state index < -0.39 is 5.91 Å². The number of aryl methyl sites for hydroxylation is 1. The van der Waals surface area contributed by atoms with Crippen molar-refractivity contribution in [2.45, 2.75) is 31.7 Å². The van der Waals surface area contributed by atoms with Gasteiger partial charge in [0.05, 0.1) is 12.7 Å². The molecule has 3 N–H and O–H groups in total. The van der Waals surface area contributed by atoms with Crippen LogP contribution in [0.25, 0.3) is 0 Å². The number of nitrogens with one attached hydrogen (secondary N) is 1. The van der Waals surface area contributed by atoms with Gasteiger partial charge in [-0.2, -0.15) is 0 Å². The summed E-state index contributed by atoms with van der Waals surface area (Å²) in [7, 11) is 1.69. The summed E-state index contributed by atoms with van der Waals surface area (Å²) in [6.45, 7) is 0.908. The number of primary amides is 1. The number of aromatic nitrogens is 1. The first-order chi connectivity index (χ1) is 15.1. The van der Waals surface area contributed by atoms with Gasteiger partial charge < -0.3 is 20.5 Å². The SMILES string of the molecule is COc1cccc(CCNC2CCCc3cc(Oc4ccc(C(N)=O)cn4)ccc32)c1. The highest BCUT2D eigenvalue weighted by atomic mass is 16.5. The van der Waals surface area contributed by atoms with Crippen molar-refractivity contribution in [3.63, 3.8) is 0 Å². The predicted octanol–water partition coefficient (Wildman–Crippen LogP) is 4.19. The number of amides is 1. The lowest BCUT2D eigenvalue weighted by atomic mass is 9.87. The van der Waals surface area contributed by atoms with Crippen LogP contribution in [0.1, 0.15) is 45.9 Å². The largest absolute Gasteiger partial charge is 0.497 e. The molecule has 6 heteroatoms. The molecule has 1 aliphatic carbocycles. The highest BCUT2D eigenvalue weighted by molar-refractivity contribution is 5.92. The van der Waals surface area contributed by atoms with Crippen molar-refractivity contribution in [2.75, 3.05) is 13.7 Å². The number of hydrogen-bond donors (Lipinski definition) is 2. The molecule has 0 saturated carbocycles. The van der Waals surface area contributed by atoms with Crippen molar-refractivity contribution >= 4 is 5.91 Å². The van der Waals surface area contributed by atoms with Crippen molar-refractivity contribution < 1.29 is 14.3 Å². The zero-order valence-electron chi connectivity index (χ0n) is 17.6. The number of fused-ring (bicyclic) bond motifs is 1. The summed E-state index contributed by atoms with van der Waals surface area (Å²) in [6, 6.07) is 18.0. The summed E-state index contributed by atoms with van der Waals surface area (Å²) < 4.78 is 11.2. The van der Waals surface area contributed by atoms with Gasteiger partial charge in [0.1, 0.15) is 11.5 Å². The van der Waals surface area contributed by atoms with Crippen LogP contribution in [0, 0.1) is 0 Å². The minimum atomic E-state index is -0.502. The molecule has 1 aliphatic rings. The number of carbonyl (C=O) groups is 1. The molecule has 0 radical (unpaired) electrons. The Balaban J connectivity index is 1.39. The molecule has 6 nitrogen and oxygen atoms in total. The molecule has 31 heavy (non-hydrogen) atoms. The van der Waals surface area contributed by atoms with Gasteiger partial charge in [0.2, 0.25) is 11.8 Å². The van der Waals surface area contributed by atoms with Gasteiger partial charge in [-0.3, -0.25) is 4.79 Å². The van der Waals surface area contributed by atoms with Crippen molar-refractivity contribution in [1.82, 2.24) is 10.3 Å². The lowest BCUT2D eigenvalue weighted by Crippen LogP contribution is -2.27. The average Bonchev–Trinajstić information content (AvgIpc) is 2.79. The van der Waals surface area contributed by atoms with Gasteiger partial charge in [-0.1, -0.05) is 18.2 Å². The normalized spacial score (nSPS) is 15.2. The molecule has 4 rings (SSSR count). The van der Waals surface area contributed by atoms with Crippen LogP contribution in [-0.4, -0.2) is 24.5 Å². The van der Waals surface area contributed by atoms with Crippen LogP contribution < -0.4 is 20.5 Å². The minimum absolute atomic E-state index is 0.344. The fraction of sp³-hybridized carbons (Fsp3) is 0.280. The van der Waals surface area contributed by atoms with Gasteiger partial charge in [-0.15, -0.1) is 0 Å². The Morgan fingerprint density at radius 2 is 2.06 bits per heavy atom. The van der Waals surface area contributed by atoms with E-state index in [4.69, 9.17) is 15.2 Å². The highest BCUT2D eigenvalue weighted by Gasteiger charge is 2.20. The zero-order valence-corrected chi connectivity index (χ0v) is 17.6. The van der Waals surface area contributed by atoms with Gasteiger partial charge in [-0.05, 0) is 79.3 Å². The first-order valence-electron chi connectivity index (χ1n) is 10.6. The van der Waals surface area contributed by atoms with E-state index in [0.29, 0.717) is 17.5 Å². The molecule has 1 amide bonds. The maximum absolute atomic E-state index is 11.2. The first kappa shape index (κ1) is 20.9. The number of nitrogens with zero attached hydrogens (tertiary/aromatic N) is 1. The zero-order chi connectivity index (χ0) is 21.6. The fourth-order valence-corrected chi connectivity index (χ4v) is 3.99. The van der Waals surface area contributed by atoms with Crippen molar-refractivity contribution in [3.05, 3.63) is 83.0 Å². The van der Waals surface area contributed by atoms with E-state index in [1.54, 1.807) is 19.2 Å². The number of benzene rings is 2. The summed E-state index contributed by atoms with van der Waals surface area (Å²) in [5.41, 5.74) is 9.52. The highest BCUT2D eigenvalue weighted by Crippen LogP contribution is 2.33. The third-order valence-electron chi connectivity index (χ3n) is 5.61. The number of ether oxygens (including phenoxy) is 2. The molecule has 3 aromatic rings. The quantitative estimate of drug-likeness (QED) is 0.574. The van der Waals surface area contributed by atoms with Gasteiger partial charge in [0, 0.05) is 18.3 Å². The standard InChI is InChI=1S/C25H27N3O3/c1-30-20-6-2-4-17(14-20)12-13-27-23-7-3-5-18-15-21(9-10-22(18)23)31-24-11-8-19(16-28-24)25(26)29/h2,4,6,8-11,14-16,23,27H,3,5,7,12-13H2,1H3,(H2,26,29). The van der Waals surface area contributed by atoms with E-state index in [1.165, 1.54) is 22.9 Å². The maximum atomic E-state index is 11.2. The minimum Gasteiger partial charge on any atom is -0.497 e. The second-order valence-corrected chi connectivity index (χ2v) is 7.71. The molecule has 2 aromatic carbocycles.